The maximum Gasteiger partial charge on any atom is 0.270 e. The molecule has 3 rings (SSSR count). The highest BCUT2D eigenvalue weighted by Crippen LogP contribution is 2.35. The summed E-state index contributed by atoms with van der Waals surface area (Å²) in [5.41, 5.74) is 0.719. The molecular formula is C19H13BrCl2N2O4S. The van der Waals surface area contributed by atoms with Crippen molar-refractivity contribution >= 4 is 80.0 Å². The van der Waals surface area contributed by atoms with Gasteiger partial charge in [0, 0.05) is 9.50 Å². The fraction of sp³-hybridized carbons (Fsp3) is 0.105. The van der Waals surface area contributed by atoms with E-state index in [0.717, 1.165) is 4.90 Å². The number of nitrogens with zero attached hydrogens (tertiary/aromatic N) is 1. The first kappa shape index (κ1) is 21.6. The third-order valence-corrected chi connectivity index (χ3v) is 5.56. The maximum atomic E-state index is 13.1. The Balaban J connectivity index is 2.08. The Kier molecular flexibility index (Phi) is 6.48. The minimum absolute atomic E-state index is 0.0762. The number of rotatable bonds is 4. The van der Waals surface area contributed by atoms with E-state index < -0.39 is 11.8 Å². The first-order chi connectivity index (χ1) is 13.8. The average Bonchev–Trinajstić information content (AvgIpc) is 2.67. The van der Waals surface area contributed by atoms with Gasteiger partial charge in [-0.05, 0) is 54.2 Å². The molecule has 1 aliphatic heterocycles. The molecule has 0 radical (unpaired) electrons. The molecule has 2 aromatic carbocycles. The van der Waals surface area contributed by atoms with Crippen molar-refractivity contribution in [2.24, 2.45) is 0 Å². The first-order valence-electron chi connectivity index (χ1n) is 8.04. The number of halogens is 3. The number of hydrogen-bond donors (Lipinski definition) is 1. The molecule has 1 N–H and O–H groups in total. The highest BCUT2D eigenvalue weighted by Gasteiger charge is 2.35. The molecule has 2 aromatic rings. The lowest BCUT2D eigenvalue weighted by Crippen LogP contribution is -2.54. The number of ether oxygens (including phenoxy) is 2. The number of nitrogens with one attached hydrogen (secondary N) is 1. The van der Waals surface area contributed by atoms with Gasteiger partial charge in [-0.1, -0.05) is 39.1 Å². The molecule has 1 saturated heterocycles. The number of amides is 2. The summed E-state index contributed by atoms with van der Waals surface area (Å²) in [6.45, 7) is 0. The molecule has 0 spiro atoms. The van der Waals surface area contributed by atoms with Crippen LogP contribution in [-0.4, -0.2) is 31.1 Å². The molecule has 6 nitrogen and oxygen atoms in total. The molecule has 29 heavy (non-hydrogen) atoms. The average molecular weight is 516 g/mol. The lowest BCUT2D eigenvalue weighted by molar-refractivity contribution is -0.122. The highest BCUT2D eigenvalue weighted by atomic mass is 79.9. The van der Waals surface area contributed by atoms with Gasteiger partial charge in [-0.25, -0.2) is 0 Å². The molecule has 0 saturated carbocycles. The van der Waals surface area contributed by atoms with Gasteiger partial charge >= 0.3 is 0 Å². The Morgan fingerprint density at radius 3 is 2.38 bits per heavy atom. The zero-order chi connectivity index (χ0) is 21.3. The van der Waals surface area contributed by atoms with Gasteiger partial charge < -0.3 is 9.47 Å². The standard InChI is InChI=1S/C19H13BrCl2N2O4S/c1-27-15-6-9(12(20)8-16(15)28-2)5-11-17(25)23-19(29)24(18(11)26)14-4-3-10(21)7-13(14)22/h3-8H,1-2H3,(H,23,25,29)/b11-5+. The molecule has 1 fully saturated rings. The Morgan fingerprint density at radius 1 is 1.10 bits per heavy atom. The zero-order valence-corrected chi connectivity index (χ0v) is 19.0. The van der Waals surface area contributed by atoms with Crippen molar-refractivity contribution in [1.29, 1.82) is 0 Å². The number of thiocarbonyl (C=S) groups is 1. The van der Waals surface area contributed by atoms with Crippen LogP contribution in [0.4, 0.5) is 5.69 Å². The van der Waals surface area contributed by atoms with E-state index in [2.05, 4.69) is 21.2 Å². The van der Waals surface area contributed by atoms with Gasteiger partial charge in [-0.3, -0.25) is 19.8 Å². The van der Waals surface area contributed by atoms with Gasteiger partial charge in [-0.15, -0.1) is 0 Å². The number of carbonyl (C=O) groups excluding carboxylic acids is 2. The molecular weight excluding hydrogens is 503 g/mol. The number of methoxy groups -OCH3 is 2. The smallest absolute Gasteiger partial charge is 0.270 e. The van der Waals surface area contributed by atoms with Crippen LogP contribution in [0.1, 0.15) is 5.56 Å². The van der Waals surface area contributed by atoms with Crippen LogP contribution in [0.15, 0.2) is 40.4 Å². The lowest BCUT2D eigenvalue weighted by atomic mass is 10.1. The van der Waals surface area contributed by atoms with E-state index in [1.165, 1.54) is 26.4 Å². The minimum atomic E-state index is -0.622. The van der Waals surface area contributed by atoms with Crippen molar-refractivity contribution in [3.63, 3.8) is 0 Å². The number of carbonyl (C=O) groups is 2. The minimum Gasteiger partial charge on any atom is -0.493 e. The Bertz CT molecular complexity index is 1070. The van der Waals surface area contributed by atoms with Crippen LogP contribution in [0.5, 0.6) is 11.5 Å². The van der Waals surface area contributed by atoms with E-state index in [1.54, 1.807) is 24.3 Å². The van der Waals surface area contributed by atoms with Crippen LogP contribution < -0.4 is 19.7 Å². The summed E-state index contributed by atoms with van der Waals surface area (Å²) in [6, 6.07) is 7.93. The summed E-state index contributed by atoms with van der Waals surface area (Å²) in [7, 11) is 3.00. The fourth-order valence-corrected chi connectivity index (χ4v) is 3.88. The summed E-state index contributed by atoms with van der Waals surface area (Å²) >= 11 is 20.7. The first-order valence-corrected chi connectivity index (χ1v) is 10.0. The number of hydrogen-bond acceptors (Lipinski definition) is 5. The molecule has 0 aliphatic carbocycles. The van der Waals surface area contributed by atoms with E-state index in [1.807, 2.05) is 0 Å². The van der Waals surface area contributed by atoms with Crippen LogP contribution in [0, 0.1) is 0 Å². The van der Waals surface area contributed by atoms with Crippen LogP contribution >= 0.6 is 51.3 Å². The quantitative estimate of drug-likeness (QED) is 0.366. The second-order valence-electron chi connectivity index (χ2n) is 5.78. The van der Waals surface area contributed by atoms with Crippen molar-refractivity contribution in [1.82, 2.24) is 5.32 Å². The van der Waals surface area contributed by atoms with Crippen molar-refractivity contribution in [3.8, 4) is 11.5 Å². The summed E-state index contributed by atoms with van der Waals surface area (Å²) in [4.78, 5) is 26.8. The van der Waals surface area contributed by atoms with Crippen molar-refractivity contribution in [2.45, 2.75) is 0 Å². The van der Waals surface area contributed by atoms with Gasteiger partial charge in [0.15, 0.2) is 16.6 Å². The van der Waals surface area contributed by atoms with Crippen molar-refractivity contribution in [2.75, 3.05) is 19.1 Å². The molecule has 1 heterocycles. The van der Waals surface area contributed by atoms with Crippen molar-refractivity contribution < 1.29 is 19.1 Å². The predicted octanol–water partition coefficient (Wildman–Crippen LogP) is 4.60. The van der Waals surface area contributed by atoms with Crippen molar-refractivity contribution in [3.05, 3.63) is 56.0 Å². The molecule has 0 atom stereocenters. The zero-order valence-electron chi connectivity index (χ0n) is 15.1. The fourth-order valence-electron chi connectivity index (χ4n) is 2.67. The normalized spacial score (nSPS) is 15.6. The molecule has 0 unspecified atom stereocenters. The molecule has 0 aromatic heterocycles. The Hall–Kier alpha value is -2.13. The van der Waals surface area contributed by atoms with Crippen LogP contribution in [0.25, 0.3) is 6.08 Å². The summed E-state index contributed by atoms with van der Waals surface area (Å²) in [6.07, 6.45) is 1.43. The molecule has 0 bridgehead atoms. The number of benzene rings is 2. The molecule has 10 heteroatoms. The number of anilines is 1. The van der Waals surface area contributed by atoms with Gasteiger partial charge in [0.25, 0.3) is 11.8 Å². The Morgan fingerprint density at radius 2 is 1.76 bits per heavy atom. The van der Waals surface area contributed by atoms with E-state index in [0.29, 0.717) is 32.2 Å². The SMILES string of the molecule is COc1cc(Br)c(/C=C2\C(=O)NC(=S)N(c3ccc(Cl)cc3Cl)C2=O)cc1OC. The van der Waals surface area contributed by atoms with Crippen LogP contribution in [-0.2, 0) is 9.59 Å². The van der Waals surface area contributed by atoms with Gasteiger partial charge in [0.05, 0.1) is 24.9 Å². The summed E-state index contributed by atoms with van der Waals surface area (Å²) in [5, 5.41) is 3.06. The van der Waals surface area contributed by atoms with E-state index in [4.69, 9.17) is 44.9 Å². The molecule has 1 aliphatic rings. The van der Waals surface area contributed by atoms with E-state index in [9.17, 15) is 9.59 Å². The summed E-state index contributed by atoms with van der Waals surface area (Å²) < 4.78 is 11.1. The second-order valence-corrected chi connectivity index (χ2v) is 7.87. The monoisotopic (exact) mass is 514 g/mol. The maximum absolute atomic E-state index is 13.1. The van der Waals surface area contributed by atoms with Crippen LogP contribution in [0.3, 0.4) is 0 Å². The van der Waals surface area contributed by atoms with E-state index >= 15 is 0 Å². The van der Waals surface area contributed by atoms with Crippen LogP contribution in [0.2, 0.25) is 10.0 Å². The Labute approximate surface area is 190 Å². The van der Waals surface area contributed by atoms with Gasteiger partial charge in [-0.2, -0.15) is 0 Å². The lowest BCUT2D eigenvalue weighted by Gasteiger charge is -2.29. The highest BCUT2D eigenvalue weighted by molar-refractivity contribution is 9.10. The molecule has 2 amide bonds. The molecule has 150 valence electrons. The predicted molar refractivity (Wildman–Crippen MR) is 120 cm³/mol. The van der Waals surface area contributed by atoms with E-state index in [-0.39, 0.29) is 15.7 Å². The van der Waals surface area contributed by atoms with Gasteiger partial charge in [0.1, 0.15) is 5.57 Å². The third kappa shape index (κ3) is 4.25. The third-order valence-electron chi connectivity index (χ3n) is 4.06. The van der Waals surface area contributed by atoms with Gasteiger partial charge in [0.2, 0.25) is 0 Å². The summed E-state index contributed by atoms with van der Waals surface area (Å²) in [5.74, 6) is -0.302. The second kappa shape index (κ2) is 8.71. The topological polar surface area (TPSA) is 67.9 Å². The largest absolute Gasteiger partial charge is 0.493 e.